The second-order valence-corrected chi connectivity index (χ2v) is 4.70. The molecule has 0 spiro atoms. The third-order valence-electron chi connectivity index (χ3n) is 2.93. The molecule has 8 heteroatoms. The quantitative estimate of drug-likeness (QED) is 0.776. The molecule has 0 saturated heterocycles. The Hall–Kier alpha value is -2.09. The number of aryl methyl sites for hydroxylation is 1. The number of hydrogen-bond acceptors (Lipinski definition) is 3. The predicted octanol–water partition coefficient (Wildman–Crippen LogP) is 1.93. The normalized spacial score (nSPS) is 14.3. The van der Waals surface area contributed by atoms with Crippen molar-refractivity contribution in [1.82, 2.24) is 5.32 Å². The van der Waals surface area contributed by atoms with Crippen LogP contribution in [0.25, 0.3) is 0 Å². The average molecular weight is 304 g/mol. The first-order valence-corrected chi connectivity index (χ1v) is 5.98. The minimum atomic E-state index is -5.02. The number of carbonyl (C=O) groups excluding carboxylic acids is 1. The van der Waals surface area contributed by atoms with Crippen LogP contribution in [0.15, 0.2) is 24.3 Å². The Bertz CT molecular complexity index is 528. The van der Waals surface area contributed by atoms with E-state index in [4.69, 9.17) is 5.11 Å². The van der Waals surface area contributed by atoms with Crippen molar-refractivity contribution < 1.29 is 27.9 Å². The molecule has 1 rings (SSSR count). The molecule has 0 aromatic heterocycles. The standard InChI is InChI=1S/C13H15F3N2O3/c1-8-3-5-9(6-4-8)18-10(19)7-17-12(2,11(20)21)13(14,15)16/h3-6,17H,7H2,1-2H3,(H,18,19)(H,20,21). The number of amides is 1. The Morgan fingerprint density at radius 2 is 1.71 bits per heavy atom. The van der Waals surface area contributed by atoms with Crippen LogP contribution in [0, 0.1) is 6.92 Å². The highest BCUT2D eigenvalue weighted by Gasteiger charge is 2.57. The zero-order chi connectivity index (χ0) is 16.3. The van der Waals surface area contributed by atoms with Crippen LogP contribution >= 0.6 is 0 Å². The third-order valence-corrected chi connectivity index (χ3v) is 2.93. The second kappa shape index (κ2) is 6.13. The Kier molecular flexibility index (Phi) is 4.95. The van der Waals surface area contributed by atoms with Gasteiger partial charge in [0.25, 0.3) is 0 Å². The lowest BCUT2D eigenvalue weighted by atomic mass is 10.0. The summed E-state index contributed by atoms with van der Waals surface area (Å²) in [5.41, 5.74) is -1.81. The molecule has 5 nitrogen and oxygen atoms in total. The number of carboxylic acid groups (broad SMARTS) is 1. The summed E-state index contributed by atoms with van der Waals surface area (Å²) in [4.78, 5) is 22.3. The second-order valence-electron chi connectivity index (χ2n) is 4.70. The Morgan fingerprint density at radius 1 is 1.19 bits per heavy atom. The summed E-state index contributed by atoms with van der Waals surface area (Å²) < 4.78 is 38.1. The fourth-order valence-electron chi connectivity index (χ4n) is 1.40. The van der Waals surface area contributed by atoms with E-state index >= 15 is 0 Å². The highest BCUT2D eigenvalue weighted by Crippen LogP contribution is 2.30. The van der Waals surface area contributed by atoms with E-state index in [1.807, 2.05) is 6.92 Å². The van der Waals surface area contributed by atoms with Crippen LogP contribution in [0.2, 0.25) is 0 Å². The van der Waals surface area contributed by atoms with Gasteiger partial charge < -0.3 is 10.4 Å². The van der Waals surface area contributed by atoms with E-state index in [1.165, 1.54) is 0 Å². The molecule has 0 aliphatic carbocycles. The fourth-order valence-corrected chi connectivity index (χ4v) is 1.40. The van der Waals surface area contributed by atoms with Crippen LogP contribution in [0.4, 0.5) is 18.9 Å². The smallest absolute Gasteiger partial charge is 0.417 e. The largest absolute Gasteiger partial charge is 0.480 e. The topological polar surface area (TPSA) is 78.4 Å². The van der Waals surface area contributed by atoms with Gasteiger partial charge in [-0.2, -0.15) is 13.2 Å². The number of benzene rings is 1. The van der Waals surface area contributed by atoms with Crippen LogP contribution in [0.3, 0.4) is 0 Å². The van der Waals surface area contributed by atoms with Crippen LogP contribution in [0.1, 0.15) is 12.5 Å². The Balaban J connectivity index is 2.67. The van der Waals surface area contributed by atoms with E-state index in [2.05, 4.69) is 5.32 Å². The van der Waals surface area contributed by atoms with Crippen molar-refractivity contribution in [3.63, 3.8) is 0 Å². The number of rotatable bonds is 5. The number of hydrogen-bond donors (Lipinski definition) is 3. The molecule has 116 valence electrons. The van der Waals surface area contributed by atoms with Crippen molar-refractivity contribution in [3.8, 4) is 0 Å². The van der Waals surface area contributed by atoms with Gasteiger partial charge in [0, 0.05) is 5.69 Å². The summed E-state index contributed by atoms with van der Waals surface area (Å²) in [6.45, 7) is 1.53. The van der Waals surface area contributed by atoms with Crippen molar-refractivity contribution in [1.29, 1.82) is 0 Å². The molecule has 0 bridgehead atoms. The predicted molar refractivity (Wildman–Crippen MR) is 69.9 cm³/mol. The first-order chi connectivity index (χ1) is 9.56. The highest BCUT2D eigenvalue weighted by molar-refractivity contribution is 5.93. The first-order valence-electron chi connectivity index (χ1n) is 5.98. The summed E-state index contributed by atoms with van der Waals surface area (Å²) >= 11 is 0. The number of halogens is 3. The lowest BCUT2D eigenvalue weighted by molar-refractivity contribution is -0.205. The van der Waals surface area contributed by atoms with Crippen LogP contribution < -0.4 is 10.6 Å². The molecule has 1 atom stereocenters. The molecule has 1 unspecified atom stereocenters. The van der Waals surface area contributed by atoms with Crippen molar-refractivity contribution in [2.75, 3.05) is 11.9 Å². The molecule has 1 aromatic carbocycles. The fraction of sp³-hybridized carbons (Fsp3) is 0.385. The van der Waals surface area contributed by atoms with E-state index in [9.17, 15) is 22.8 Å². The van der Waals surface area contributed by atoms with Gasteiger partial charge in [0.15, 0.2) is 0 Å². The molecule has 1 amide bonds. The van der Waals surface area contributed by atoms with Gasteiger partial charge in [-0.1, -0.05) is 17.7 Å². The van der Waals surface area contributed by atoms with Crippen molar-refractivity contribution >= 4 is 17.6 Å². The van der Waals surface area contributed by atoms with Gasteiger partial charge in [-0.15, -0.1) is 0 Å². The van der Waals surface area contributed by atoms with Gasteiger partial charge in [-0.3, -0.25) is 10.1 Å². The molecule has 0 aliphatic rings. The lowest BCUT2D eigenvalue weighted by Gasteiger charge is -2.28. The number of carboxylic acids is 1. The van der Waals surface area contributed by atoms with Gasteiger partial charge in [0.1, 0.15) is 0 Å². The lowest BCUT2D eigenvalue weighted by Crippen LogP contribution is -2.61. The molecular formula is C13H15F3N2O3. The molecule has 0 heterocycles. The Labute approximate surface area is 119 Å². The van der Waals surface area contributed by atoms with Gasteiger partial charge in [-0.25, -0.2) is 4.79 Å². The maximum atomic E-state index is 12.7. The van der Waals surface area contributed by atoms with E-state index in [0.29, 0.717) is 12.6 Å². The van der Waals surface area contributed by atoms with Crippen LogP contribution in [0.5, 0.6) is 0 Å². The molecule has 0 radical (unpaired) electrons. The van der Waals surface area contributed by atoms with E-state index in [-0.39, 0.29) is 0 Å². The molecule has 0 aliphatic heterocycles. The average Bonchev–Trinajstić information content (AvgIpc) is 2.37. The summed E-state index contributed by atoms with van der Waals surface area (Å²) in [6.07, 6.45) is -5.02. The number of nitrogens with one attached hydrogen (secondary N) is 2. The SMILES string of the molecule is Cc1ccc(NC(=O)CNC(C)(C(=O)O)C(F)(F)F)cc1. The summed E-state index contributed by atoms with van der Waals surface area (Å²) in [7, 11) is 0. The van der Waals surface area contributed by atoms with Crippen molar-refractivity contribution in [2.45, 2.75) is 25.6 Å². The summed E-state index contributed by atoms with van der Waals surface area (Å²) in [5.74, 6) is -2.87. The number of carbonyl (C=O) groups is 2. The van der Waals surface area contributed by atoms with Crippen LogP contribution in [-0.4, -0.2) is 35.2 Å². The number of alkyl halides is 3. The van der Waals surface area contributed by atoms with Crippen molar-refractivity contribution in [2.24, 2.45) is 0 Å². The maximum absolute atomic E-state index is 12.7. The van der Waals surface area contributed by atoms with E-state index in [1.54, 1.807) is 29.6 Å². The van der Waals surface area contributed by atoms with Gasteiger partial charge in [0.2, 0.25) is 11.4 Å². The third kappa shape index (κ3) is 4.19. The highest BCUT2D eigenvalue weighted by atomic mass is 19.4. The maximum Gasteiger partial charge on any atom is 0.417 e. The minimum Gasteiger partial charge on any atom is -0.480 e. The molecule has 1 aromatic rings. The minimum absolute atomic E-state index is 0.413. The monoisotopic (exact) mass is 304 g/mol. The molecular weight excluding hydrogens is 289 g/mol. The van der Waals surface area contributed by atoms with Gasteiger partial charge in [0.05, 0.1) is 6.54 Å². The Morgan fingerprint density at radius 3 is 2.14 bits per heavy atom. The van der Waals surface area contributed by atoms with Gasteiger partial charge >= 0.3 is 12.1 Å². The molecule has 3 N–H and O–H groups in total. The summed E-state index contributed by atoms with van der Waals surface area (Å²) in [5, 5.41) is 12.8. The van der Waals surface area contributed by atoms with Crippen molar-refractivity contribution in [3.05, 3.63) is 29.8 Å². The first kappa shape index (κ1) is 17.0. The number of anilines is 1. The van der Waals surface area contributed by atoms with E-state index in [0.717, 1.165) is 5.56 Å². The molecule has 21 heavy (non-hydrogen) atoms. The van der Waals surface area contributed by atoms with Crippen LogP contribution in [-0.2, 0) is 9.59 Å². The summed E-state index contributed by atoms with van der Waals surface area (Å²) in [6, 6.07) is 6.63. The number of aliphatic carboxylic acids is 1. The van der Waals surface area contributed by atoms with E-state index < -0.39 is 30.1 Å². The van der Waals surface area contributed by atoms with Gasteiger partial charge in [-0.05, 0) is 26.0 Å². The zero-order valence-corrected chi connectivity index (χ0v) is 11.4. The zero-order valence-electron chi connectivity index (χ0n) is 11.4. The molecule has 0 saturated carbocycles. The molecule has 0 fully saturated rings.